The highest BCUT2D eigenvalue weighted by atomic mass is 32.2. The van der Waals surface area contributed by atoms with Crippen molar-refractivity contribution in [3.8, 4) is 11.8 Å². The number of methoxy groups -OCH3 is 1. The van der Waals surface area contributed by atoms with Gasteiger partial charge < -0.3 is 14.2 Å². The lowest BCUT2D eigenvalue weighted by Gasteiger charge is -2.24. The minimum atomic E-state index is -3.74. The molecule has 1 aromatic rings. The van der Waals surface area contributed by atoms with Crippen LogP contribution in [-0.4, -0.2) is 62.6 Å². The Bertz CT molecular complexity index is 896. The van der Waals surface area contributed by atoms with Crippen LogP contribution >= 0.6 is 24.0 Å². The summed E-state index contributed by atoms with van der Waals surface area (Å²) in [5.74, 6) is 5.96. The molecule has 1 atom stereocenters. The summed E-state index contributed by atoms with van der Waals surface area (Å²) in [5.41, 5.74) is 0.930. The molecule has 1 unspecified atom stereocenters. The SMILES string of the molecule is C=CCN(CC(C#CCOCOC)SC(=S)OCC(C)(C)C)S(=O)(=O)c1ccc(C)cc1. The predicted molar refractivity (Wildman–Crippen MR) is 135 cm³/mol. The molecular weight excluding hydrogens is 466 g/mol. The van der Waals surface area contributed by atoms with Crippen molar-refractivity contribution < 1.29 is 22.6 Å². The van der Waals surface area contributed by atoms with E-state index < -0.39 is 15.3 Å². The number of aryl methyl sites for hydroxylation is 1. The zero-order valence-corrected chi connectivity index (χ0v) is 21.9. The normalized spacial score (nSPS) is 12.7. The Hall–Kier alpha value is -1.41. The molecule has 0 bridgehead atoms. The number of nitrogens with zero attached hydrogens (tertiary/aromatic N) is 1. The largest absolute Gasteiger partial charge is 0.478 e. The molecule has 9 heteroatoms. The van der Waals surface area contributed by atoms with Crippen LogP contribution in [0.5, 0.6) is 0 Å². The van der Waals surface area contributed by atoms with Crippen LogP contribution in [0, 0.1) is 24.2 Å². The first-order valence-corrected chi connectivity index (χ1v) is 12.8. The second kappa shape index (κ2) is 14.0. The van der Waals surface area contributed by atoms with E-state index in [0.29, 0.717) is 11.0 Å². The van der Waals surface area contributed by atoms with E-state index in [1.54, 1.807) is 30.3 Å². The first-order chi connectivity index (χ1) is 15.0. The highest BCUT2D eigenvalue weighted by Crippen LogP contribution is 2.23. The summed E-state index contributed by atoms with van der Waals surface area (Å²) < 4.78 is 43.9. The molecule has 178 valence electrons. The van der Waals surface area contributed by atoms with Gasteiger partial charge in [-0.1, -0.05) is 68.1 Å². The monoisotopic (exact) mass is 499 g/mol. The Morgan fingerprint density at radius 3 is 2.53 bits per heavy atom. The van der Waals surface area contributed by atoms with Gasteiger partial charge in [-0.25, -0.2) is 8.42 Å². The number of thiocarbonyl (C=S) groups is 1. The van der Waals surface area contributed by atoms with Crippen LogP contribution in [-0.2, 0) is 24.2 Å². The first kappa shape index (κ1) is 28.6. The molecule has 0 aliphatic heterocycles. The van der Waals surface area contributed by atoms with Crippen molar-refractivity contribution in [2.24, 2.45) is 5.41 Å². The van der Waals surface area contributed by atoms with Gasteiger partial charge in [0, 0.05) is 20.2 Å². The van der Waals surface area contributed by atoms with Crippen LogP contribution in [0.4, 0.5) is 0 Å². The van der Waals surface area contributed by atoms with Crippen LogP contribution in [0.1, 0.15) is 26.3 Å². The van der Waals surface area contributed by atoms with E-state index in [2.05, 4.69) is 18.4 Å². The molecule has 0 aliphatic carbocycles. The second-order valence-corrected chi connectivity index (χ2v) is 11.9. The Kier molecular flexibility index (Phi) is 12.5. The molecule has 1 rings (SSSR count). The smallest absolute Gasteiger partial charge is 0.243 e. The number of ether oxygens (including phenoxy) is 3. The maximum Gasteiger partial charge on any atom is 0.243 e. The third-order valence-electron chi connectivity index (χ3n) is 3.86. The van der Waals surface area contributed by atoms with E-state index >= 15 is 0 Å². The molecule has 6 nitrogen and oxygen atoms in total. The third-order valence-corrected chi connectivity index (χ3v) is 6.98. The molecular formula is C23H33NO5S3. The van der Waals surface area contributed by atoms with Crippen molar-refractivity contribution in [3.63, 3.8) is 0 Å². The lowest BCUT2D eigenvalue weighted by molar-refractivity contribution is -0.0166. The molecule has 1 aromatic carbocycles. The third kappa shape index (κ3) is 10.9. The molecule has 0 fully saturated rings. The summed E-state index contributed by atoms with van der Waals surface area (Å²) in [6.07, 6.45) is 1.55. The first-order valence-electron chi connectivity index (χ1n) is 10.1. The molecule has 0 heterocycles. The summed E-state index contributed by atoms with van der Waals surface area (Å²) in [6, 6.07) is 6.75. The van der Waals surface area contributed by atoms with E-state index in [9.17, 15) is 8.42 Å². The molecule has 0 saturated heterocycles. The summed E-state index contributed by atoms with van der Waals surface area (Å²) in [6.45, 7) is 12.8. The van der Waals surface area contributed by atoms with Crippen LogP contribution < -0.4 is 0 Å². The van der Waals surface area contributed by atoms with Gasteiger partial charge in [-0.05, 0) is 36.7 Å². The minimum absolute atomic E-state index is 0.0521. The van der Waals surface area contributed by atoms with Crippen LogP contribution in [0.25, 0.3) is 0 Å². The van der Waals surface area contributed by atoms with E-state index in [1.807, 2.05) is 27.7 Å². The summed E-state index contributed by atoms with van der Waals surface area (Å²) in [5, 5.41) is -0.450. The van der Waals surface area contributed by atoms with Gasteiger partial charge in [0.05, 0.1) is 16.8 Å². The molecule has 0 N–H and O–H groups in total. The van der Waals surface area contributed by atoms with Crippen molar-refractivity contribution in [3.05, 3.63) is 42.5 Å². The molecule has 0 aromatic heterocycles. The van der Waals surface area contributed by atoms with Crippen LogP contribution in [0.2, 0.25) is 0 Å². The highest BCUT2D eigenvalue weighted by Gasteiger charge is 2.27. The molecule has 0 saturated carbocycles. The number of thioether (sulfide) groups is 1. The fourth-order valence-electron chi connectivity index (χ4n) is 2.33. The van der Waals surface area contributed by atoms with Crippen molar-refractivity contribution in [2.75, 3.05) is 40.2 Å². The topological polar surface area (TPSA) is 65.1 Å². The quantitative estimate of drug-likeness (QED) is 0.148. The number of benzene rings is 1. The fraction of sp³-hybridized carbons (Fsp3) is 0.522. The molecule has 0 spiro atoms. The predicted octanol–water partition coefficient (Wildman–Crippen LogP) is 4.25. The zero-order chi connectivity index (χ0) is 24.2. The zero-order valence-electron chi connectivity index (χ0n) is 19.4. The van der Waals surface area contributed by atoms with Crippen molar-refractivity contribution in [1.29, 1.82) is 0 Å². The number of rotatable bonds is 11. The highest BCUT2D eigenvalue weighted by molar-refractivity contribution is 8.23. The summed E-state index contributed by atoms with van der Waals surface area (Å²) in [4.78, 5) is 0.219. The Morgan fingerprint density at radius 1 is 1.31 bits per heavy atom. The Labute approximate surface area is 202 Å². The Balaban J connectivity index is 3.06. The van der Waals surface area contributed by atoms with E-state index in [4.69, 9.17) is 26.4 Å². The fourth-order valence-corrected chi connectivity index (χ4v) is 5.01. The molecule has 0 amide bonds. The average molecular weight is 500 g/mol. The number of hydrogen-bond acceptors (Lipinski definition) is 7. The summed E-state index contributed by atoms with van der Waals surface area (Å²) >= 11 is 6.60. The lowest BCUT2D eigenvalue weighted by atomic mass is 9.99. The van der Waals surface area contributed by atoms with Gasteiger partial charge in [0.2, 0.25) is 14.4 Å². The average Bonchev–Trinajstić information content (AvgIpc) is 2.71. The minimum Gasteiger partial charge on any atom is -0.478 e. The van der Waals surface area contributed by atoms with Crippen LogP contribution in [0.3, 0.4) is 0 Å². The maximum absolute atomic E-state index is 13.2. The van der Waals surface area contributed by atoms with Gasteiger partial charge >= 0.3 is 0 Å². The van der Waals surface area contributed by atoms with E-state index in [-0.39, 0.29) is 36.8 Å². The maximum atomic E-state index is 13.2. The van der Waals surface area contributed by atoms with Gasteiger partial charge in [0.15, 0.2) is 0 Å². The Morgan fingerprint density at radius 2 is 1.97 bits per heavy atom. The van der Waals surface area contributed by atoms with Crippen molar-refractivity contribution in [2.45, 2.75) is 37.8 Å². The van der Waals surface area contributed by atoms with Crippen molar-refractivity contribution in [1.82, 2.24) is 4.31 Å². The molecule has 32 heavy (non-hydrogen) atoms. The van der Waals surface area contributed by atoms with Crippen molar-refractivity contribution >= 4 is 38.4 Å². The van der Waals surface area contributed by atoms with Crippen LogP contribution in [0.15, 0.2) is 41.8 Å². The number of sulfonamides is 1. The van der Waals surface area contributed by atoms with Gasteiger partial charge in [0.1, 0.15) is 13.4 Å². The number of hydrogen-bond donors (Lipinski definition) is 0. The molecule has 0 radical (unpaired) electrons. The lowest BCUT2D eigenvalue weighted by Crippen LogP contribution is -2.36. The van der Waals surface area contributed by atoms with Gasteiger partial charge in [0.25, 0.3) is 0 Å². The van der Waals surface area contributed by atoms with Gasteiger partial charge in [-0.2, -0.15) is 4.31 Å². The summed E-state index contributed by atoms with van der Waals surface area (Å²) in [7, 11) is -2.21. The van der Waals surface area contributed by atoms with E-state index in [0.717, 1.165) is 5.56 Å². The van der Waals surface area contributed by atoms with Gasteiger partial charge in [-0.15, -0.1) is 6.58 Å². The standard InChI is InChI=1S/C23H33NO5S3/c1-7-14-24(32(25,26)21-12-10-19(2)11-13-21)16-20(9-8-15-28-18-27-6)31-22(30)29-17-23(3,4)5/h7,10-13,20H,1,14-18H2,2-6H3. The van der Waals surface area contributed by atoms with E-state index in [1.165, 1.54) is 23.2 Å². The second-order valence-electron chi connectivity index (χ2n) is 8.21. The van der Waals surface area contributed by atoms with Gasteiger partial charge in [-0.3, -0.25) is 0 Å². The molecule has 0 aliphatic rings.